The molecule has 2 N–H and O–H groups in total. The minimum Gasteiger partial charge on any atom is -0.378 e. The second kappa shape index (κ2) is 7.84. The third-order valence-electron chi connectivity index (χ3n) is 4.04. The molecule has 0 bridgehead atoms. The highest BCUT2D eigenvalue weighted by Gasteiger charge is 2.22. The molecule has 1 atom stereocenters. The highest BCUT2D eigenvalue weighted by molar-refractivity contribution is 5.43. The lowest BCUT2D eigenvalue weighted by Gasteiger charge is -2.21. The van der Waals surface area contributed by atoms with Crippen LogP contribution in [-0.4, -0.2) is 32.3 Å². The lowest BCUT2D eigenvalue weighted by atomic mass is 9.95. The van der Waals surface area contributed by atoms with Crippen molar-refractivity contribution in [1.29, 1.82) is 0 Å². The summed E-state index contributed by atoms with van der Waals surface area (Å²) in [5, 5.41) is 10.8. The van der Waals surface area contributed by atoms with Crippen LogP contribution in [0.3, 0.4) is 0 Å². The molecule has 0 aliphatic carbocycles. The molecule has 7 nitrogen and oxygen atoms in total. The first kappa shape index (κ1) is 19.0. The number of H-pyrrole nitrogens is 1. The molecule has 0 saturated heterocycles. The van der Waals surface area contributed by atoms with Gasteiger partial charge in [0.05, 0.1) is 12.3 Å². The average Bonchev–Trinajstić information content (AvgIpc) is 3.06. The normalized spacial score (nSPS) is 12.8. The first-order valence-electron chi connectivity index (χ1n) is 8.94. The van der Waals surface area contributed by atoms with Crippen LogP contribution in [-0.2, 0) is 16.8 Å². The van der Waals surface area contributed by atoms with E-state index in [4.69, 9.17) is 9.72 Å². The van der Waals surface area contributed by atoms with Crippen molar-refractivity contribution in [3.63, 3.8) is 0 Å². The Morgan fingerprint density at radius 2 is 1.85 bits per heavy atom. The van der Waals surface area contributed by atoms with Crippen molar-refractivity contribution in [1.82, 2.24) is 25.1 Å². The molecule has 27 heavy (non-hydrogen) atoms. The number of methoxy groups -OCH3 is 1. The van der Waals surface area contributed by atoms with Crippen LogP contribution in [0.25, 0.3) is 0 Å². The molecule has 2 aromatic heterocycles. The first-order valence-corrected chi connectivity index (χ1v) is 8.94. The molecule has 7 heteroatoms. The summed E-state index contributed by atoms with van der Waals surface area (Å²) >= 11 is 0. The summed E-state index contributed by atoms with van der Waals surface area (Å²) in [5.74, 6) is 2.92. The van der Waals surface area contributed by atoms with Crippen molar-refractivity contribution in [2.45, 2.75) is 45.8 Å². The number of ether oxygens (including phenoxy) is 1. The fourth-order valence-corrected chi connectivity index (χ4v) is 2.71. The van der Waals surface area contributed by atoms with E-state index >= 15 is 0 Å². The van der Waals surface area contributed by atoms with Gasteiger partial charge in [0.25, 0.3) is 0 Å². The maximum absolute atomic E-state index is 5.28. The van der Waals surface area contributed by atoms with Gasteiger partial charge in [-0.05, 0) is 12.5 Å². The maximum atomic E-state index is 5.28. The fourth-order valence-electron chi connectivity index (χ4n) is 2.71. The monoisotopic (exact) mass is 366 g/mol. The third-order valence-corrected chi connectivity index (χ3v) is 4.04. The first-order chi connectivity index (χ1) is 12.9. The largest absolute Gasteiger partial charge is 0.378 e. The summed E-state index contributed by atoms with van der Waals surface area (Å²) in [4.78, 5) is 13.9. The van der Waals surface area contributed by atoms with Crippen molar-refractivity contribution < 1.29 is 4.74 Å². The zero-order valence-electron chi connectivity index (χ0n) is 16.4. The number of aryl methyl sites for hydroxylation is 1. The Balaban J connectivity index is 2.01. The molecule has 0 saturated carbocycles. The van der Waals surface area contributed by atoms with Gasteiger partial charge in [0, 0.05) is 18.6 Å². The van der Waals surface area contributed by atoms with Crippen molar-refractivity contribution in [3.8, 4) is 0 Å². The van der Waals surface area contributed by atoms with Crippen LogP contribution in [0.15, 0.2) is 36.4 Å². The maximum Gasteiger partial charge on any atom is 0.177 e. The molecule has 2 heterocycles. The summed E-state index contributed by atoms with van der Waals surface area (Å²) in [5.41, 5.74) is 1.71. The molecule has 0 aliphatic heterocycles. The molecule has 1 unspecified atom stereocenters. The Bertz CT molecular complexity index is 885. The number of nitrogens with one attached hydrogen (secondary N) is 2. The van der Waals surface area contributed by atoms with Gasteiger partial charge in [-0.25, -0.2) is 15.0 Å². The molecule has 3 aromatic rings. The molecular weight excluding hydrogens is 340 g/mol. The number of anilines is 1. The van der Waals surface area contributed by atoms with E-state index in [9.17, 15) is 0 Å². The van der Waals surface area contributed by atoms with Gasteiger partial charge in [0.15, 0.2) is 5.82 Å². The number of aromatic nitrogens is 5. The average molecular weight is 366 g/mol. The molecule has 0 amide bonds. The smallest absolute Gasteiger partial charge is 0.177 e. The lowest BCUT2D eigenvalue weighted by molar-refractivity contribution is 0.181. The van der Waals surface area contributed by atoms with Gasteiger partial charge in [-0.3, -0.25) is 5.10 Å². The quantitative estimate of drug-likeness (QED) is 0.693. The number of benzene rings is 1. The standard InChI is InChI=1S/C20H26N6O/c1-13-21-18(26-25-13)17(14-9-7-6-8-10-14)23-16-11-15(12-27-5)22-19(24-16)20(2,3)4/h6-11,17H,12H2,1-5H3,(H,21,25,26)(H,22,23,24). The van der Waals surface area contributed by atoms with E-state index < -0.39 is 0 Å². The lowest BCUT2D eigenvalue weighted by Crippen LogP contribution is -2.21. The van der Waals surface area contributed by atoms with Gasteiger partial charge in [0.2, 0.25) is 0 Å². The van der Waals surface area contributed by atoms with E-state index in [1.165, 1.54) is 0 Å². The van der Waals surface area contributed by atoms with E-state index in [0.717, 1.165) is 28.7 Å². The molecule has 142 valence electrons. The summed E-state index contributed by atoms with van der Waals surface area (Å²) in [6, 6.07) is 11.8. The highest BCUT2D eigenvalue weighted by atomic mass is 16.5. The van der Waals surface area contributed by atoms with Crippen molar-refractivity contribution >= 4 is 5.82 Å². The second-order valence-corrected chi connectivity index (χ2v) is 7.52. The zero-order chi connectivity index (χ0) is 19.4. The van der Waals surface area contributed by atoms with Gasteiger partial charge >= 0.3 is 0 Å². The van der Waals surface area contributed by atoms with Crippen molar-refractivity contribution in [2.75, 3.05) is 12.4 Å². The number of aromatic amines is 1. The molecule has 1 aromatic carbocycles. The van der Waals surface area contributed by atoms with E-state index in [-0.39, 0.29) is 11.5 Å². The van der Waals surface area contributed by atoms with Crippen molar-refractivity contribution in [3.05, 3.63) is 65.1 Å². The zero-order valence-corrected chi connectivity index (χ0v) is 16.4. The molecule has 0 aliphatic rings. The Kier molecular flexibility index (Phi) is 5.51. The summed E-state index contributed by atoms with van der Waals surface area (Å²) in [6.45, 7) is 8.59. The number of nitrogens with zero attached hydrogens (tertiary/aromatic N) is 4. The van der Waals surface area contributed by atoms with Crippen LogP contribution in [0.2, 0.25) is 0 Å². The van der Waals surface area contributed by atoms with Crippen LogP contribution in [0, 0.1) is 6.92 Å². The number of rotatable bonds is 6. The Labute approximate surface area is 159 Å². The molecule has 0 fully saturated rings. The number of hydrogen-bond donors (Lipinski definition) is 2. The summed E-state index contributed by atoms with van der Waals surface area (Å²) in [6.07, 6.45) is 0. The molecule has 0 radical (unpaired) electrons. The van der Waals surface area contributed by atoms with Crippen LogP contribution in [0.5, 0.6) is 0 Å². The van der Waals surface area contributed by atoms with Crippen LogP contribution in [0.1, 0.15) is 55.5 Å². The van der Waals surface area contributed by atoms with Crippen molar-refractivity contribution in [2.24, 2.45) is 0 Å². The van der Waals surface area contributed by atoms with E-state index in [1.54, 1.807) is 7.11 Å². The van der Waals surface area contributed by atoms with Gasteiger partial charge in [-0.1, -0.05) is 51.1 Å². The molecule has 0 spiro atoms. The Morgan fingerprint density at radius 3 is 2.44 bits per heavy atom. The Hall–Kier alpha value is -2.80. The predicted octanol–water partition coefficient (Wildman–Crippen LogP) is 3.55. The van der Waals surface area contributed by atoms with Crippen LogP contribution < -0.4 is 5.32 Å². The van der Waals surface area contributed by atoms with Crippen LogP contribution in [0.4, 0.5) is 5.82 Å². The fraction of sp³-hybridized carbons (Fsp3) is 0.400. The minimum absolute atomic E-state index is 0.177. The Morgan fingerprint density at radius 1 is 1.11 bits per heavy atom. The SMILES string of the molecule is COCc1cc(NC(c2ccccc2)c2n[nH]c(C)n2)nc(C(C)(C)C)n1. The van der Waals surface area contributed by atoms with Gasteiger partial charge in [0.1, 0.15) is 23.5 Å². The van der Waals surface area contributed by atoms with Crippen LogP contribution >= 0.6 is 0 Å². The van der Waals surface area contributed by atoms with E-state index in [2.05, 4.69) is 46.3 Å². The highest BCUT2D eigenvalue weighted by Crippen LogP contribution is 2.26. The summed E-state index contributed by atoms with van der Waals surface area (Å²) in [7, 11) is 1.66. The van der Waals surface area contributed by atoms with Gasteiger partial charge < -0.3 is 10.1 Å². The van der Waals surface area contributed by atoms with E-state index in [1.807, 2.05) is 43.3 Å². The number of hydrogen-bond acceptors (Lipinski definition) is 6. The third kappa shape index (κ3) is 4.68. The molecule has 3 rings (SSSR count). The van der Waals surface area contributed by atoms with Gasteiger partial charge in [-0.15, -0.1) is 0 Å². The minimum atomic E-state index is -0.228. The van der Waals surface area contributed by atoms with Gasteiger partial charge in [-0.2, -0.15) is 5.10 Å². The second-order valence-electron chi connectivity index (χ2n) is 7.52. The topological polar surface area (TPSA) is 88.6 Å². The summed E-state index contributed by atoms with van der Waals surface area (Å²) < 4.78 is 5.28. The predicted molar refractivity (Wildman–Crippen MR) is 104 cm³/mol. The molecular formula is C20H26N6O. The van der Waals surface area contributed by atoms with E-state index in [0.29, 0.717) is 12.4 Å².